The monoisotopic (exact) mass is 489 g/mol. The van der Waals surface area contributed by atoms with Gasteiger partial charge in [-0.15, -0.1) is 0 Å². The molecule has 1 aliphatic rings. The van der Waals surface area contributed by atoms with Crippen LogP contribution in [-0.4, -0.2) is 41.1 Å². The number of nitrogens with zero attached hydrogens (tertiary/aromatic N) is 1. The second-order valence-electron chi connectivity index (χ2n) is 7.96. The van der Waals surface area contributed by atoms with Gasteiger partial charge >= 0.3 is 11.6 Å². The van der Waals surface area contributed by atoms with Gasteiger partial charge in [-0.3, -0.25) is 9.59 Å². The lowest BCUT2D eigenvalue weighted by Crippen LogP contribution is -2.47. The lowest BCUT2D eigenvalue weighted by Gasteiger charge is -2.32. The number of carboxylic acid groups (broad SMARTS) is 1. The number of benzene rings is 2. The van der Waals surface area contributed by atoms with E-state index in [9.17, 15) is 19.5 Å². The van der Waals surface area contributed by atoms with E-state index in [1.165, 1.54) is 17.0 Å². The number of carbonyl (C=O) groups is 2. The summed E-state index contributed by atoms with van der Waals surface area (Å²) in [5, 5.41) is 10.7. The lowest BCUT2D eigenvalue weighted by molar-refractivity contribution is -0.147. The van der Waals surface area contributed by atoms with Crippen LogP contribution in [0.15, 0.2) is 51.7 Å². The minimum Gasteiger partial charge on any atom is -0.481 e. The summed E-state index contributed by atoms with van der Waals surface area (Å²) in [6.07, 6.45) is 0.336. The molecule has 7 nitrogen and oxygen atoms in total. The van der Waals surface area contributed by atoms with Crippen LogP contribution in [0.25, 0.3) is 22.1 Å². The topological polar surface area (TPSA) is 97.0 Å². The van der Waals surface area contributed by atoms with Crippen molar-refractivity contribution in [1.29, 1.82) is 0 Å². The minimum atomic E-state index is -0.903. The Morgan fingerprint density at radius 2 is 1.91 bits per heavy atom. The molecule has 1 N–H and O–H groups in total. The molecule has 1 amide bonds. The number of fused-ring (bicyclic) bond motifs is 1. The summed E-state index contributed by atoms with van der Waals surface area (Å²) in [5.74, 6) is -1.43. The van der Waals surface area contributed by atoms with E-state index in [0.29, 0.717) is 51.7 Å². The predicted molar refractivity (Wildman–Crippen MR) is 125 cm³/mol. The third-order valence-corrected chi connectivity index (χ3v) is 6.32. The molecule has 0 bridgehead atoms. The first-order valence-electron chi connectivity index (χ1n) is 10.4. The van der Waals surface area contributed by atoms with Crippen LogP contribution in [0.2, 0.25) is 10.0 Å². The SMILES string of the molecule is C[C@@H](Oc1ccc2c(-c3c(Cl)cccc3Cl)cc(=O)oc2c1)C(=O)N1CCC[C@H](C(=O)O)C1. The summed E-state index contributed by atoms with van der Waals surface area (Å²) in [7, 11) is 0. The molecule has 0 radical (unpaired) electrons. The summed E-state index contributed by atoms with van der Waals surface area (Å²) < 4.78 is 11.2. The van der Waals surface area contributed by atoms with Gasteiger partial charge in [-0.1, -0.05) is 29.3 Å². The van der Waals surface area contributed by atoms with Crippen molar-refractivity contribution >= 4 is 46.0 Å². The van der Waals surface area contributed by atoms with Crippen molar-refractivity contribution < 1.29 is 23.8 Å². The highest BCUT2D eigenvalue weighted by atomic mass is 35.5. The normalized spacial score (nSPS) is 17.1. The standard InChI is InChI=1S/C24H21Cl2NO6/c1-13(23(29)27-9-3-4-14(12-27)24(30)31)32-15-7-8-16-17(11-21(28)33-20(16)10-15)22-18(25)5-2-6-19(22)26/h2,5-8,10-11,13-14H,3-4,9,12H2,1H3,(H,30,31)/t13-,14+/m1/s1. The fraction of sp³-hybridized carbons (Fsp3) is 0.292. The van der Waals surface area contributed by atoms with Crippen LogP contribution >= 0.6 is 23.2 Å². The molecule has 1 aromatic heterocycles. The summed E-state index contributed by atoms with van der Waals surface area (Å²) in [6, 6.07) is 11.3. The van der Waals surface area contributed by atoms with Crippen LogP contribution in [0.3, 0.4) is 0 Å². The Hall–Kier alpha value is -3.03. The number of amides is 1. The van der Waals surface area contributed by atoms with E-state index in [1.807, 2.05) is 0 Å². The van der Waals surface area contributed by atoms with Crippen LogP contribution in [0.5, 0.6) is 5.75 Å². The van der Waals surface area contributed by atoms with Crippen LogP contribution in [0.4, 0.5) is 0 Å². The Labute approximate surface area is 199 Å². The lowest BCUT2D eigenvalue weighted by atomic mass is 9.98. The molecule has 2 atom stereocenters. The highest BCUT2D eigenvalue weighted by molar-refractivity contribution is 6.39. The van der Waals surface area contributed by atoms with Gasteiger partial charge in [-0.25, -0.2) is 4.79 Å². The molecule has 1 fully saturated rings. The van der Waals surface area contributed by atoms with Crippen LogP contribution < -0.4 is 10.4 Å². The molecule has 0 unspecified atom stereocenters. The van der Waals surface area contributed by atoms with Gasteiger partial charge in [0.25, 0.3) is 5.91 Å². The van der Waals surface area contributed by atoms with E-state index in [2.05, 4.69) is 0 Å². The molecule has 0 aliphatic carbocycles. The van der Waals surface area contributed by atoms with Crippen LogP contribution in [0.1, 0.15) is 19.8 Å². The van der Waals surface area contributed by atoms with Gasteiger partial charge in [0.15, 0.2) is 6.10 Å². The van der Waals surface area contributed by atoms with E-state index in [4.69, 9.17) is 32.4 Å². The molecule has 0 saturated carbocycles. The number of rotatable bonds is 5. The molecule has 9 heteroatoms. The zero-order chi connectivity index (χ0) is 23.7. The van der Waals surface area contributed by atoms with Crippen molar-refractivity contribution in [2.45, 2.75) is 25.9 Å². The van der Waals surface area contributed by atoms with Crippen molar-refractivity contribution in [3.8, 4) is 16.9 Å². The van der Waals surface area contributed by atoms with E-state index < -0.39 is 23.6 Å². The van der Waals surface area contributed by atoms with E-state index in [-0.39, 0.29) is 18.0 Å². The molecule has 3 aromatic rings. The fourth-order valence-corrected chi connectivity index (χ4v) is 4.67. The van der Waals surface area contributed by atoms with Gasteiger partial charge in [0.2, 0.25) is 0 Å². The van der Waals surface area contributed by atoms with Gasteiger partial charge in [0, 0.05) is 51.8 Å². The second-order valence-corrected chi connectivity index (χ2v) is 8.77. The van der Waals surface area contributed by atoms with Crippen molar-refractivity contribution in [2.75, 3.05) is 13.1 Å². The fourth-order valence-electron chi connectivity index (χ4n) is 4.07. The molecule has 4 rings (SSSR count). The molecule has 0 spiro atoms. The average molecular weight is 490 g/mol. The third kappa shape index (κ3) is 4.84. The van der Waals surface area contributed by atoms with Crippen molar-refractivity contribution in [1.82, 2.24) is 4.90 Å². The van der Waals surface area contributed by atoms with Gasteiger partial charge < -0.3 is 19.2 Å². The molecule has 1 saturated heterocycles. The van der Waals surface area contributed by atoms with Crippen molar-refractivity contribution in [2.24, 2.45) is 5.92 Å². The Balaban J connectivity index is 1.61. The Morgan fingerprint density at radius 3 is 2.61 bits per heavy atom. The maximum absolute atomic E-state index is 12.8. The number of hydrogen-bond donors (Lipinski definition) is 1. The van der Waals surface area contributed by atoms with Crippen LogP contribution in [-0.2, 0) is 9.59 Å². The number of halogens is 2. The average Bonchev–Trinajstić information content (AvgIpc) is 2.78. The maximum atomic E-state index is 12.8. The first-order valence-corrected chi connectivity index (χ1v) is 11.2. The Bertz CT molecular complexity index is 1270. The van der Waals surface area contributed by atoms with E-state index >= 15 is 0 Å². The summed E-state index contributed by atoms with van der Waals surface area (Å²) in [5.41, 5.74) is 0.729. The number of carboxylic acids is 1. The molecule has 33 heavy (non-hydrogen) atoms. The molecule has 2 aromatic carbocycles. The first kappa shape index (κ1) is 23.1. The van der Waals surface area contributed by atoms with Crippen molar-refractivity contribution in [3.05, 3.63) is 62.9 Å². The number of piperidine rings is 1. The highest BCUT2D eigenvalue weighted by Crippen LogP contribution is 2.38. The molecular formula is C24H21Cl2NO6. The van der Waals surface area contributed by atoms with E-state index in [1.54, 1.807) is 37.3 Å². The minimum absolute atomic E-state index is 0.163. The third-order valence-electron chi connectivity index (χ3n) is 5.69. The first-order chi connectivity index (χ1) is 15.7. The number of likely N-dealkylation sites (tertiary alicyclic amines) is 1. The summed E-state index contributed by atoms with van der Waals surface area (Å²) in [4.78, 5) is 37.8. The van der Waals surface area contributed by atoms with Crippen LogP contribution in [0, 0.1) is 5.92 Å². The van der Waals surface area contributed by atoms with E-state index in [0.717, 1.165) is 0 Å². The van der Waals surface area contributed by atoms with Gasteiger partial charge in [-0.05, 0) is 44.0 Å². The van der Waals surface area contributed by atoms with Crippen molar-refractivity contribution in [3.63, 3.8) is 0 Å². The summed E-state index contributed by atoms with van der Waals surface area (Å²) >= 11 is 12.7. The number of hydrogen-bond acceptors (Lipinski definition) is 5. The molecule has 2 heterocycles. The van der Waals surface area contributed by atoms with Gasteiger partial charge in [0.1, 0.15) is 11.3 Å². The Kier molecular flexibility index (Phi) is 6.63. The number of aliphatic carboxylic acids is 1. The Morgan fingerprint density at radius 1 is 1.18 bits per heavy atom. The van der Waals surface area contributed by atoms with Gasteiger partial charge in [-0.2, -0.15) is 0 Å². The zero-order valence-electron chi connectivity index (χ0n) is 17.7. The number of ether oxygens (including phenoxy) is 1. The quantitative estimate of drug-likeness (QED) is 0.514. The zero-order valence-corrected chi connectivity index (χ0v) is 19.2. The molecule has 172 valence electrons. The molecular weight excluding hydrogens is 469 g/mol. The second kappa shape index (κ2) is 9.45. The summed E-state index contributed by atoms with van der Waals surface area (Å²) in [6.45, 7) is 2.26. The highest BCUT2D eigenvalue weighted by Gasteiger charge is 2.31. The largest absolute Gasteiger partial charge is 0.481 e. The smallest absolute Gasteiger partial charge is 0.336 e. The molecule has 1 aliphatic heterocycles. The number of carbonyl (C=O) groups excluding carboxylic acids is 1. The van der Waals surface area contributed by atoms with Gasteiger partial charge in [0.05, 0.1) is 5.92 Å². The maximum Gasteiger partial charge on any atom is 0.336 e. The predicted octanol–water partition coefficient (Wildman–Crippen LogP) is 4.86.